The molecule has 2 aromatic heterocycles. The lowest BCUT2D eigenvalue weighted by Crippen LogP contribution is -2.52. The molecule has 1 saturated heterocycles. The van der Waals surface area contributed by atoms with Crippen molar-refractivity contribution in [2.75, 3.05) is 24.4 Å². The van der Waals surface area contributed by atoms with Crippen LogP contribution in [0.1, 0.15) is 45.2 Å². The monoisotopic (exact) mass is 437 g/mol. The molecule has 2 unspecified atom stereocenters. The second-order valence-electron chi connectivity index (χ2n) is 7.48. The number of aliphatic hydroxyl groups is 1. The van der Waals surface area contributed by atoms with E-state index in [0.717, 1.165) is 25.7 Å². The highest BCUT2D eigenvalue weighted by atomic mass is 32.2. The standard InChI is InChI=1S/C19H31N7O3S/c1-5-13-8-15(9-14(6-2)26(13)30-28)25(3)19-21-16(10-18(22-19)29-4)20-17-7-12(11-27)23-24-17/h7,10,13-15,27,30H,5-6,8-9,11H2,1-4H3,(H2,20,21,22,23,24). The molecule has 10 nitrogen and oxygen atoms in total. The number of H-pyrrole nitrogens is 1. The second kappa shape index (κ2) is 10.2. The van der Waals surface area contributed by atoms with Crippen LogP contribution in [0.4, 0.5) is 17.6 Å². The number of thiol groups is 1. The number of hydrogen-bond donors (Lipinski definition) is 4. The minimum absolute atomic E-state index is 0.0993. The Balaban J connectivity index is 1.83. The van der Waals surface area contributed by atoms with Gasteiger partial charge in [0.05, 0.1) is 31.3 Å². The quantitative estimate of drug-likeness (QED) is 0.438. The van der Waals surface area contributed by atoms with E-state index in [-0.39, 0.29) is 36.6 Å². The van der Waals surface area contributed by atoms with Crippen LogP contribution in [0.15, 0.2) is 12.1 Å². The van der Waals surface area contributed by atoms with Gasteiger partial charge in [-0.05, 0) is 25.7 Å². The number of nitrogens with zero attached hydrogens (tertiary/aromatic N) is 5. The Morgan fingerprint density at radius 1 is 1.27 bits per heavy atom. The van der Waals surface area contributed by atoms with Crippen molar-refractivity contribution in [3.05, 3.63) is 17.8 Å². The van der Waals surface area contributed by atoms with E-state index >= 15 is 0 Å². The largest absolute Gasteiger partial charge is 0.481 e. The Bertz CT molecular complexity index is 835. The molecule has 166 valence electrons. The Morgan fingerprint density at radius 2 is 1.97 bits per heavy atom. The molecule has 0 aliphatic carbocycles. The zero-order chi connectivity index (χ0) is 21.7. The maximum absolute atomic E-state index is 11.7. The lowest BCUT2D eigenvalue weighted by molar-refractivity contribution is 0.164. The van der Waals surface area contributed by atoms with Crippen molar-refractivity contribution in [3.8, 4) is 5.88 Å². The number of methoxy groups -OCH3 is 1. The molecule has 1 aliphatic heterocycles. The fourth-order valence-corrected chi connectivity index (χ4v) is 4.72. The summed E-state index contributed by atoms with van der Waals surface area (Å²) in [5.41, 5.74) is 0.608. The summed E-state index contributed by atoms with van der Waals surface area (Å²) < 4.78 is 19.2. The third-order valence-corrected chi connectivity index (χ3v) is 6.54. The van der Waals surface area contributed by atoms with Crippen LogP contribution < -0.4 is 15.0 Å². The van der Waals surface area contributed by atoms with E-state index in [1.807, 2.05) is 7.05 Å². The first-order valence-corrected chi connectivity index (χ1v) is 11.0. The van der Waals surface area contributed by atoms with Crippen molar-refractivity contribution in [2.45, 2.75) is 64.3 Å². The number of nitrogens with one attached hydrogen (secondary N) is 2. The highest BCUT2D eigenvalue weighted by Gasteiger charge is 2.36. The van der Waals surface area contributed by atoms with Crippen LogP contribution in [-0.2, 0) is 18.5 Å². The Labute approximate surface area is 180 Å². The molecular formula is C19H31N7O3S. The van der Waals surface area contributed by atoms with E-state index < -0.39 is 0 Å². The van der Waals surface area contributed by atoms with Crippen molar-refractivity contribution in [2.24, 2.45) is 0 Å². The van der Waals surface area contributed by atoms with Crippen LogP contribution in [0.3, 0.4) is 0 Å². The molecule has 0 amide bonds. The van der Waals surface area contributed by atoms with Gasteiger partial charge in [0.15, 0.2) is 5.82 Å². The molecule has 11 heteroatoms. The molecule has 30 heavy (non-hydrogen) atoms. The highest BCUT2D eigenvalue weighted by molar-refractivity contribution is 7.63. The van der Waals surface area contributed by atoms with Gasteiger partial charge < -0.3 is 20.1 Å². The molecule has 1 aliphatic rings. The average Bonchev–Trinajstić information content (AvgIpc) is 3.24. The summed E-state index contributed by atoms with van der Waals surface area (Å²) in [5, 5.41) is 19.2. The minimum Gasteiger partial charge on any atom is -0.481 e. The van der Waals surface area contributed by atoms with Crippen molar-refractivity contribution in [1.29, 1.82) is 0 Å². The van der Waals surface area contributed by atoms with Crippen molar-refractivity contribution >= 4 is 29.4 Å². The summed E-state index contributed by atoms with van der Waals surface area (Å²) >= 11 is 0.0993. The molecular weight excluding hydrogens is 406 g/mol. The number of rotatable bonds is 9. The maximum Gasteiger partial charge on any atom is 0.230 e. The fourth-order valence-electron chi connectivity index (χ4n) is 3.94. The third kappa shape index (κ3) is 4.90. The Hall–Kier alpha value is -2.24. The van der Waals surface area contributed by atoms with E-state index in [2.05, 4.69) is 48.5 Å². The lowest BCUT2D eigenvalue weighted by atomic mass is 9.90. The molecule has 2 aromatic rings. The molecule has 3 heterocycles. The van der Waals surface area contributed by atoms with Gasteiger partial charge in [0, 0.05) is 37.3 Å². The fraction of sp³-hybridized carbons (Fsp3) is 0.632. The normalized spacial score (nSPS) is 22.1. The van der Waals surface area contributed by atoms with Crippen LogP contribution in [0, 0.1) is 0 Å². The summed E-state index contributed by atoms with van der Waals surface area (Å²) in [7, 11) is 3.56. The molecule has 2 atom stereocenters. The van der Waals surface area contributed by atoms with E-state index in [4.69, 9.17) is 4.74 Å². The molecule has 1 fully saturated rings. The number of piperidine rings is 1. The number of aliphatic hydroxyl groups excluding tert-OH is 1. The number of aromatic nitrogens is 4. The van der Waals surface area contributed by atoms with Gasteiger partial charge in [-0.3, -0.25) is 5.10 Å². The SMILES string of the molecule is CCC1CC(N(C)c2nc(Nc3cc(CO)[nH]n3)cc(OC)n2)CC(CC)N1[SH]=O. The van der Waals surface area contributed by atoms with Gasteiger partial charge in [-0.25, -0.2) is 8.51 Å². The van der Waals surface area contributed by atoms with E-state index in [9.17, 15) is 9.32 Å². The topological polar surface area (TPSA) is 120 Å². The number of ether oxygens (including phenoxy) is 1. The minimum atomic E-state index is -0.117. The zero-order valence-corrected chi connectivity index (χ0v) is 18.8. The first kappa shape index (κ1) is 22.4. The average molecular weight is 438 g/mol. The Morgan fingerprint density at radius 3 is 2.50 bits per heavy atom. The van der Waals surface area contributed by atoms with E-state index in [0.29, 0.717) is 29.2 Å². The molecule has 0 radical (unpaired) electrons. The van der Waals surface area contributed by atoms with E-state index in [1.54, 1.807) is 19.2 Å². The van der Waals surface area contributed by atoms with Gasteiger partial charge in [0.2, 0.25) is 11.8 Å². The number of hydrogen-bond acceptors (Lipinski definition) is 8. The molecule has 3 N–H and O–H groups in total. The first-order chi connectivity index (χ1) is 14.5. The molecule has 0 bridgehead atoms. The van der Waals surface area contributed by atoms with E-state index in [1.165, 1.54) is 0 Å². The number of aromatic amines is 1. The van der Waals surface area contributed by atoms with Crippen molar-refractivity contribution in [3.63, 3.8) is 0 Å². The molecule has 0 aromatic carbocycles. The maximum atomic E-state index is 11.7. The predicted molar refractivity (Wildman–Crippen MR) is 117 cm³/mol. The van der Waals surface area contributed by atoms with Gasteiger partial charge in [0.1, 0.15) is 5.82 Å². The molecule has 0 spiro atoms. The van der Waals surface area contributed by atoms with Crippen molar-refractivity contribution in [1.82, 2.24) is 24.5 Å². The summed E-state index contributed by atoms with van der Waals surface area (Å²) in [6, 6.07) is 4.14. The zero-order valence-electron chi connectivity index (χ0n) is 17.9. The summed E-state index contributed by atoms with van der Waals surface area (Å²) in [6.45, 7) is 4.15. The van der Waals surface area contributed by atoms with Crippen LogP contribution in [0.2, 0.25) is 0 Å². The van der Waals surface area contributed by atoms with Gasteiger partial charge in [-0.2, -0.15) is 15.1 Å². The lowest BCUT2D eigenvalue weighted by Gasteiger charge is -2.44. The van der Waals surface area contributed by atoms with Gasteiger partial charge in [-0.1, -0.05) is 13.8 Å². The van der Waals surface area contributed by atoms with Crippen molar-refractivity contribution < 1.29 is 14.1 Å². The van der Waals surface area contributed by atoms with Gasteiger partial charge in [0.25, 0.3) is 0 Å². The van der Waals surface area contributed by atoms with Gasteiger partial charge >= 0.3 is 0 Å². The van der Waals surface area contributed by atoms with Gasteiger partial charge in [-0.15, -0.1) is 0 Å². The van der Waals surface area contributed by atoms with Crippen LogP contribution in [-0.4, -0.2) is 66.1 Å². The Kier molecular flexibility index (Phi) is 7.62. The van der Waals surface area contributed by atoms with Crippen LogP contribution in [0.25, 0.3) is 0 Å². The number of anilines is 3. The predicted octanol–water partition coefficient (Wildman–Crippen LogP) is 1.76. The summed E-state index contributed by atoms with van der Waals surface area (Å²) in [6.07, 6.45) is 3.66. The smallest absolute Gasteiger partial charge is 0.230 e. The third-order valence-electron chi connectivity index (χ3n) is 5.69. The molecule has 0 saturated carbocycles. The van der Waals surface area contributed by atoms with Crippen LogP contribution >= 0.6 is 0 Å². The highest BCUT2D eigenvalue weighted by Crippen LogP contribution is 2.31. The molecule has 3 rings (SSSR count). The summed E-state index contributed by atoms with van der Waals surface area (Å²) in [5.74, 6) is 2.10. The summed E-state index contributed by atoms with van der Waals surface area (Å²) in [4.78, 5) is 11.3. The van der Waals surface area contributed by atoms with Crippen LogP contribution in [0.5, 0.6) is 5.88 Å². The second-order valence-corrected chi connectivity index (χ2v) is 8.10. The first-order valence-electron chi connectivity index (χ1n) is 10.2.